The predicted octanol–water partition coefficient (Wildman–Crippen LogP) is 1.67. The second-order valence-electron chi connectivity index (χ2n) is 1.80. The van der Waals surface area contributed by atoms with Gasteiger partial charge in [0.1, 0.15) is 0 Å². The zero-order chi connectivity index (χ0) is 4.28. The Hall–Kier alpha value is 1.64. The van der Waals surface area contributed by atoms with Crippen molar-refractivity contribution in [1.29, 1.82) is 0 Å². The van der Waals surface area contributed by atoms with E-state index in [0.29, 0.717) is 0 Å². The molecule has 0 saturated heterocycles. The van der Waals surface area contributed by atoms with Crippen molar-refractivity contribution in [3.63, 3.8) is 0 Å². The Morgan fingerprint density at radius 1 is 1.33 bits per heavy atom. The molecule has 0 nitrogen and oxygen atoms in total. The second-order valence-corrected chi connectivity index (χ2v) is 1.80. The standard InChI is InChI=1S/C5H12.K/c1-4-5(2)3;/h5H,4H2,1-3H3;. The average molecular weight is 111 g/mol. The van der Waals surface area contributed by atoms with Gasteiger partial charge in [-0.25, -0.2) is 0 Å². The van der Waals surface area contributed by atoms with Gasteiger partial charge in [-0.3, -0.25) is 0 Å². The van der Waals surface area contributed by atoms with Gasteiger partial charge in [-0.2, -0.15) is 0 Å². The first-order valence-corrected chi connectivity index (χ1v) is 2.27. The molecule has 0 unspecified atom stereocenters. The zero-order valence-corrected chi connectivity index (χ0v) is 8.41. The molecule has 0 rings (SSSR count). The van der Waals surface area contributed by atoms with Crippen LogP contribution >= 0.6 is 0 Å². The molecule has 0 aliphatic rings. The maximum absolute atomic E-state index is 2.22. The molecule has 0 aliphatic carbocycles. The molecule has 0 amide bonds. The second kappa shape index (κ2) is 6.64. The van der Waals surface area contributed by atoms with E-state index in [9.17, 15) is 0 Å². The molecular weight excluding hydrogens is 99.2 g/mol. The molecule has 0 fully saturated rings. The van der Waals surface area contributed by atoms with E-state index in [1.54, 1.807) is 0 Å². The molecule has 6 heavy (non-hydrogen) atoms. The largest absolute Gasteiger partial charge is 0.0651 e. The van der Waals surface area contributed by atoms with E-state index in [-0.39, 0.29) is 51.4 Å². The molecule has 1 heteroatoms. The van der Waals surface area contributed by atoms with Crippen LogP contribution in [-0.4, -0.2) is 51.4 Å². The Morgan fingerprint density at radius 2 is 1.50 bits per heavy atom. The number of rotatable bonds is 1. The fourth-order valence-electron chi connectivity index (χ4n) is 0. The maximum atomic E-state index is 2.22. The van der Waals surface area contributed by atoms with Gasteiger partial charge < -0.3 is 0 Å². The van der Waals surface area contributed by atoms with Crippen molar-refractivity contribution in [3.8, 4) is 0 Å². The van der Waals surface area contributed by atoms with Crippen molar-refractivity contribution in [2.75, 3.05) is 0 Å². The van der Waals surface area contributed by atoms with Crippen LogP contribution in [0.5, 0.6) is 0 Å². The quantitative estimate of drug-likeness (QED) is 0.452. The van der Waals surface area contributed by atoms with Crippen molar-refractivity contribution in [3.05, 3.63) is 0 Å². The Kier molecular flexibility index (Phi) is 11.7. The summed E-state index contributed by atoms with van der Waals surface area (Å²) < 4.78 is 0. The van der Waals surface area contributed by atoms with Gasteiger partial charge in [-0.15, -0.1) is 0 Å². The molecule has 0 saturated carbocycles. The first-order valence-electron chi connectivity index (χ1n) is 2.27. The molecular formula is C5H12K. The van der Waals surface area contributed by atoms with Crippen molar-refractivity contribution in [1.82, 2.24) is 0 Å². The minimum atomic E-state index is 0. The van der Waals surface area contributed by atoms with Crippen LogP contribution in [0.3, 0.4) is 0 Å². The smallest absolute Gasteiger partial charge is 0 e. The monoisotopic (exact) mass is 111 g/mol. The van der Waals surface area contributed by atoms with Gasteiger partial charge >= 0.3 is 0 Å². The minimum absolute atomic E-state index is 0. The average Bonchev–Trinajstić information content (AvgIpc) is 1.38. The fourth-order valence-corrected chi connectivity index (χ4v) is 0. The molecule has 0 atom stereocenters. The van der Waals surface area contributed by atoms with E-state index in [0.717, 1.165) is 5.92 Å². The summed E-state index contributed by atoms with van der Waals surface area (Å²) in [6.07, 6.45) is 1.31. The summed E-state index contributed by atoms with van der Waals surface area (Å²) in [6.45, 7) is 6.64. The van der Waals surface area contributed by atoms with Crippen LogP contribution in [0.2, 0.25) is 0 Å². The van der Waals surface area contributed by atoms with Crippen LogP contribution in [0.1, 0.15) is 27.2 Å². The molecule has 1 radical (unpaired) electrons. The topological polar surface area (TPSA) is 0 Å². The van der Waals surface area contributed by atoms with Crippen molar-refractivity contribution in [2.45, 2.75) is 27.2 Å². The third-order valence-corrected chi connectivity index (χ3v) is 0.816. The van der Waals surface area contributed by atoms with E-state index in [1.165, 1.54) is 6.42 Å². The van der Waals surface area contributed by atoms with Crippen LogP contribution < -0.4 is 0 Å². The third kappa shape index (κ3) is 9.16. The Balaban J connectivity index is 0. The van der Waals surface area contributed by atoms with Crippen LogP contribution in [0.4, 0.5) is 0 Å². The Labute approximate surface area is 83.1 Å². The van der Waals surface area contributed by atoms with Crippen LogP contribution in [0.15, 0.2) is 0 Å². The van der Waals surface area contributed by atoms with Crippen molar-refractivity contribution >= 4 is 51.4 Å². The van der Waals surface area contributed by atoms with E-state index in [4.69, 9.17) is 0 Å². The van der Waals surface area contributed by atoms with E-state index in [1.807, 2.05) is 0 Å². The van der Waals surface area contributed by atoms with Gasteiger partial charge in [-0.05, 0) is 5.92 Å². The summed E-state index contributed by atoms with van der Waals surface area (Å²) in [5, 5.41) is 0. The molecule has 33 valence electrons. The molecule has 0 aromatic carbocycles. The maximum Gasteiger partial charge on any atom is 0 e. The van der Waals surface area contributed by atoms with E-state index >= 15 is 0 Å². The Bertz CT molecular complexity index is 17.9. The van der Waals surface area contributed by atoms with Crippen LogP contribution in [0.25, 0.3) is 0 Å². The fraction of sp³-hybridized carbons (Fsp3) is 1.00. The predicted molar refractivity (Wildman–Crippen MR) is 30.9 cm³/mol. The van der Waals surface area contributed by atoms with Gasteiger partial charge in [0.2, 0.25) is 0 Å². The molecule has 0 bridgehead atoms. The molecule has 0 heterocycles. The SMILES string of the molecule is CCC(C)C.[K]. The van der Waals surface area contributed by atoms with Crippen molar-refractivity contribution < 1.29 is 0 Å². The molecule has 0 aromatic heterocycles. The van der Waals surface area contributed by atoms with Gasteiger partial charge in [-0.1, -0.05) is 27.2 Å². The summed E-state index contributed by atoms with van der Waals surface area (Å²) >= 11 is 0. The normalized spacial score (nSPS) is 8.00. The van der Waals surface area contributed by atoms with E-state index in [2.05, 4.69) is 20.8 Å². The zero-order valence-electron chi connectivity index (χ0n) is 5.28. The van der Waals surface area contributed by atoms with Gasteiger partial charge in [0, 0.05) is 51.4 Å². The summed E-state index contributed by atoms with van der Waals surface area (Å²) in [5.74, 6) is 0.884. The van der Waals surface area contributed by atoms with E-state index < -0.39 is 0 Å². The van der Waals surface area contributed by atoms with Gasteiger partial charge in [0.05, 0.1) is 0 Å². The summed E-state index contributed by atoms with van der Waals surface area (Å²) in [4.78, 5) is 0. The Morgan fingerprint density at radius 3 is 1.50 bits per heavy atom. The van der Waals surface area contributed by atoms with Crippen LogP contribution in [-0.2, 0) is 0 Å². The molecule has 0 spiro atoms. The summed E-state index contributed by atoms with van der Waals surface area (Å²) in [5.41, 5.74) is 0. The third-order valence-electron chi connectivity index (χ3n) is 0.816. The molecule has 0 aliphatic heterocycles. The summed E-state index contributed by atoms with van der Waals surface area (Å²) in [6, 6.07) is 0. The van der Waals surface area contributed by atoms with Gasteiger partial charge in [0.15, 0.2) is 0 Å². The van der Waals surface area contributed by atoms with Crippen molar-refractivity contribution in [2.24, 2.45) is 5.92 Å². The first kappa shape index (κ1) is 10.6. The van der Waals surface area contributed by atoms with Crippen LogP contribution in [0, 0.1) is 5.92 Å². The van der Waals surface area contributed by atoms with Gasteiger partial charge in [0.25, 0.3) is 0 Å². The summed E-state index contributed by atoms with van der Waals surface area (Å²) in [7, 11) is 0. The molecule has 0 N–H and O–H groups in total. The first-order chi connectivity index (χ1) is 2.27. The molecule has 0 aromatic rings. The number of hydrogen-bond acceptors (Lipinski definition) is 0. The minimum Gasteiger partial charge on any atom is -0.0651 e. The number of hydrogen-bond donors (Lipinski definition) is 0.